The van der Waals surface area contributed by atoms with E-state index < -0.39 is 0 Å². The Balaban J connectivity index is 0.00000289. The molecule has 0 bridgehead atoms. The van der Waals surface area contributed by atoms with Gasteiger partial charge in [-0.3, -0.25) is 18.9 Å². The Labute approximate surface area is 200 Å². The SMILES string of the molecule is Cl.O=C1SC(=CCCc2ccc(F)cc2)C(=O)N1CCCCSc1cccc2nccn12. The van der Waals surface area contributed by atoms with Crippen LogP contribution in [0.1, 0.15) is 24.8 Å². The summed E-state index contributed by atoms with van der Waals surface area (Å²) in [5, 5.41) is 0.930. The maximum Gasteiger partial charge on any atom is 0.293 e. The molecule has 1 aliphatic heterocycles. The zero-order valence-corrected chi connectivity index (χ0v) is 19.7. The van der Waals surface area contributed by atoms with Crippen LogP contribution in [0.3, 0.4) is 0 Å². The van der Waals surface area contributed by atoms with E-state index in [2.05, 4.69) is 15.5 Å². The molecule has 1 aromatic carbocycles. The number of imidazole rings is 1. The number of amides is 2. The van der Waals surface area contributed by atoms with Gasteiger partial charge in [0.15, 0.2) is 0 Å². The minimum absolute atomic E-state index is 0. The molecule has 3 aromatic rings. The Morgan fingerprint density at radius 3 is 2.72 bits per heavy atom. The number of allylic oxidation sites excluding steroid dienone is 1. The van der Waals surface area contributed by atoms with E-state index in [1.54, 1.807) is 30.1 Å². The number of aromatic nitrogens is 2. The Kier molecular flexibility index (Phi) is 8.78. The molecule has 2 aromatic heterocycles. The van der Waals surface area contributed by atoms with Gasteiger partial charge in [-0.2, -0.15) is 0 Å². The molecule has 0 radical (unpaired) electrons. The minimum Gasteiger partial charge on any atom is -0.294 e. The van der Waals surface area contributed by atoms with E-state index in [0.717, 1.165) is 46.6 Å². The third kappa shape index (κ3) is 5.94. The quantitative estimate of drug-likeness (QED) is 0.209. The van der Waals surface area contributed by atoms with Gasteiger partial charge in [0, 0.05) is 18.9 Å². The molecule has 9 heteroatoms. The van der Waals surface area contributed by atoms with Crippen LogP contribution in [0.25, 0.3) is 5.65 Å². The summed E-state index contributed by atoms with van der Waals surface area (Å²) in [6.45, 7) is 0.440. The number of halogens is 2. The van der Waals surface area contributed by atoms with Crippen LogP contribution in [0.4, 0.5) is 9.18 Å². The number of hydrogen-bond acceptors (Lipinski definition) is 5. The van der Waals surface area contributed by atoms with Gasteiger partial charge in [-0.05, 0) is 73.0 Å². The second-order valence-electron chi connectivity index (χ2n) is 7.13. The van der Waals surface area contributed by atoms with Crippen LogP contribution >= 0.6 is 35.9 Å². The summed E-state index contributed by atoms with van der Waals surface area (Å²) in [5.41, 5.74) is 1.93. The van der Waals surface area contributed by atoms with Crippen molar-refractivity contribution in [2.24, 2.45) is 0 Å². The zero-order valence-electron chi connectivity index (χ0n) is 17.3. The summed E-state index contributed by atoms with van der Waals surface area (Å²) >= 11 is 2.75. The van der Waals surface area contributed by atoms with Crippen LogP contribution in [0, 0.1) is 5.82 Å². The largest absolute Gasteiger partial charge is 0.294 e. The van der Waals surface area contributed by atoms with Gasteiger partial charge in [0.2, 0.25) is 0 Å². The Morgan fingerprint density at radius 2 is 1.91 bits per heavy atom. The van der Waals surface area contributed by atoms with Gasteiger partial charge in [0.1, 0.15) is 11.5 Å². The number of unbranched alkanes of at least 4 members (excludes halogenated alkanes) is 1. The van der Waals surface area contributed by atoms with Crippen molar-refractivity contribution >= 4 is 52.7 Å². The van der Waals surface area contributed by atoms with Crippen LogP contribution < -0.4 is 0 Å². The van der Waals surface area contributed by atoms with E-state index in [0.29, 0.717) is 24.3 Å². The number of hydrogen-bond donors (Lipinski definition) is 0. The van der Waals surface area contributed by atoms with Crippen LogP contribution in [0.5, 0.6) is 0 Å². The molecule has 0 spiro atoms. The average Bonchev–Trinajstić information content (AvgIpc) is 3.35. The number of aryl methyl sites for hydroxylation is 1. The monoisotopic (exact) mass is 491 g/mol. The van der Waals surface area contributed by atoms with Crippen LogP contribution in [-0.2, 0) is 11.2 Å². The lowest BCUT2D eigenvalue weighted by Crippen LogP contribution is -2.29. The molecule has 1 aliphatic rings. The molecular weight excluding hydrogens is 469 g/mol. The van der Waals surface area contributed by atoms with E-state index in [4.69, 9.17) is 0 Å². The lowest BCUT2D eigenvalue weighted by Gasteiger charge is -2.12. The first kappa shape index (κ1) is 24.4. The third-order valence-electron chi connectivity index (χ3n) is 4.97. The van der Waals surface area contributed by atoms with Gasteiger partial charge in [-0.15, -0.1) is 24.2 Å². The Hall–Kier alpha value is -2.29. The lowest BCUT2D eigenvalue weighted by atomic mass is 10.1. The molecule has 1 fully saturated rings. The maximum absolute atomic E-state index is 13.0. The van der Waals surface area contributed by atoms with Crippen LogP contribution in [-0.4, -0.2) is 37.7 Å². The van der Waals surface area contributed by atoms with Crippen LogP contribution in [0.2, 0.25) is 0 Å². The summed E-state index contributed by atoms with van der Waals surface area (Å²) < 4.78 is 15.0. The first-order valence-corrected chi connectivity index (χ1v) is 12.0. The van der Waals surface area contributed by atoms with Crippen molar-refractivity contribution in [1.82, 2.24) is 14.3 Å². The maximum atomic E-state index is 13.0. The fraction of sp³-hybridized carbons (Fsp3) is 0.261. The molecule has 0 N–H and O–H groups in total. The average molecular weight is 492 g/mol. The van der Waals surface area contributed by atoms with Crippen molar-refractivity contribution in [2.45, 2.75) is 30.7 Å². The molecule has 0 saturated carbocycles. The van der Waals surface area contributed by atoms with E-state index in [9.17, 15) is 14.0 Å². The molecule has 4 rings (SSSR count). The van der Waals surface area contributed by atoms with E-state index in [1.165, 1.54) is 17.0 Å². The molecule has 3 heterocycles. The van der Waals surface area contributed by atoms with Crippen molar-refractivity contribution in [3.63, 3.8) is 0 Å². The number of fused-ring (bicyclic) bond motifs is 1. The van der Waals surface area contributed by atoms with Gasteiger partial charge in [0.05, 0.1) is 9.93 Å². The normalized spacial score (nSPS) is 15.0. The minimum atomic E-state index is -0.262. The molecule has 0 aliphatic carbocycles. The summed E-state index contributed by atoms with van der Waals surface area (Å²) in [5.74, 6) is 0.438. The molecule has 2 amide bonds. The molecular formula is C23H23ClFN3O2S2. The first-order chi connectivity index (χ1) is 15.1. The van der Waals surface area contributed by atoms with E-state index >= 15 is 0 Å². The molecule has 5 nitrogen and oxygen atoms in total. The standard InChI is InChI=1S/C23H22FN3O2S2.ClH/c24-18-11-9-17(10-12-18)5-3-6-19-22(28)27(23(29)31-19)14-1-2-16-30-21-8-4-7-20-25-13-15-26(20)21;/h4,6-13,15H,1-3,5,14,16H2;1H. The van der Waals surface area contributed by atoms with Crippen molar-refractivity contribution in [3.8, 4) is 0 Å². The van der Waals surface area contributed by atoms with Gasteiger partial charge >= 0.3 is 0 Å². The molecule has 0 unspecified atom stereocenters. The number of rotatable bonds is 9. The number of nitrogens with zero attached hydrogens (tertiary/aromatic N) is 3. The summed E-state index contributed by atoms with van der Waals surface area (Å²) in [4.78, 5) is 30.9. The van der Waals surface area contributed by atoms with E-state index in [-0.39, 0.29) is 29.4 Å². The highest BCUT2D eigenvalue weighted by molar-refractivity contribution is 8.18. The number of thioether (sulfide) groups is 2. The number of carbonyl (C=O) groups is 2. The highest BCUT2D eigenvalue weighted by atomic mass is 35.5. The Morgan fingerprint density at radius 1 is 1.09 bits per heavy atom. The Bertz CT molecular complexity index is 1120. The van der Waals surface area contributed by atoms with Gasteiger partial charge in [-0.1, -0.05) is 24.3 Å². The summed E-state index contributed by atoms with van der Waals surface area (Å²) in [7, 11) is 0. The highest BCUT2D eigenvalue weighted by Gasteiger charge is 2.34. The number of pyridine rings is 1. The predicted molar refractivity (Wildman–Crippen MR) is 130 cm³/mol. The van der Waals surface area contributed by atoms with Crippen molar-refractivity contribution in [2.75, 3.05) is 12.3 Å². The fourth-order valence-corrected chi connectivity index (χ4v) is 5.24. The van der Waals surface area contributed by atoms with Gasteiger partial charge in [0.25, 0.3) is 11.1 Å². The number of imide groups is 1. The first-order valence-electron chi connectivity index (χ1n) is 10.1. The topological polar surface area (TPSA) is 54.7 Å². The molecule has 0 atom stereocenters. The highest BCUT2D eigenvalue weighted by Crippen LogP contribution is 2.31. The lowest BCUT2D eigenvalue weighted by molar-refractivity contribution is -0.122. The third-order valence-corrected chi connectivity index (χ3v) is 7.04. The van der Waals surface area contributed by atoms with Crippen molar-refractivity contribution in [1.29, 1.82) is 0 Å². The fourth-order valence-electron chi connectivity index (χ4n) is 3.34. The molecule has 168 valence electrons. The molecule has 1 saturated heterocycles. The molecule has 32 heavy (non-hydrogen) atoms. The van der Waals surface area contributed by atoms with Crippen molar-refractivity contribution in [3.05, 3.63) is 77.2 Å². The summed E-state index contributed by atoms with van der Waals surface area (Å²) in [6, 6.07) is 12.4. The predicted octanol–water partition coefficient (Wildman–Crippen LogP) is 5.98. The van der Waals surface area contributed by atoms with Gasteiger partial charge in [-0.25, -0.2) is 9.37 Å². The van der Waals surface area contributed by atoms with Gasteiger partial charge < -0.3 is 0 Å². The van der Waals surface area contributed by atoms with E-state index in [1.807, 2.05) is 24.4 Å². The zero-order chi connectivity index (χ0) is 21.6. The van der Waals surface area contributed by atoms with Crippen molar-refractivity contribution < 1.29 is 14.0 Å². The van der Waals surface area contributed by atoms with Crippen LogP contribution in [0.15, 0.2) is 70.9 Å². The second kappa shape index (κ2) is 11.5. The number of benzene rings is 1. The second-order valence-corrected chi connectivity index (χ2v) is 9.24. The summed E-state index contributed by atoms with van der Waals surface area (Å²) in [6.07, 6.45) is 8.56. The smallest absolute Gasteiger partial charge is 0.293 e. The number of carbonyl (C=O) groups excluding carboxylic acids is 2.